The lowest BCUT2D eigenvalue weighted by atomic mass is 9.67. The number of nitrogens with zero attached hydrogens (tertiary/aromatic N) is 1. The molecule has 0 fully saturated rings. The van der Waals surface area contributed by atoms with Crippen molar-refractivity contribution in [1.82, 2.24) is 0 Å². The maximum atomic E-state index is 10.4. The molecule has 0 spiro atoms. The molecular weight excluding hydrogens is 567 g/mol. The molecule has 7 aromatic carbocycles. The Balaban J connectivity index is 1.54. The third-order valence-corrected chi connectivity index (χ3v) is 9.30. The van der Waals surface area contributed by atoms with Gasteiger partial charge in [-0.05, 0) is 92.0 Å². The molecule has 0 unspecified atom stereocenters. The zero-order valence-corrected chi connectivity index (χ0v) is 25.4. The molecule has 47 heavy (non-hydrogen) atoms. The van der Waals surface area contributed by atoms with Gasteiger partial charge in [-0.3, -0.25) is 0 Å². The number of hydrogen-bond acceptors (Lipinski definition) is 1. The summed E-state index contributed by atoms with van der Waals surface area (Å²) in [6.45, 7) is 4.14. The van der Waals surface area contributed by atoms with Crippen molar-refractivity contribution in [3.8, 4) is 22.3 Å². The summed E-state index contributed by atoms with van der Waals surface area (Å²) < 4.78 is 157. The van der Waals surface area contributed by atoms with E-state index in [1.807, 2.05) is 36.4 Å². The van der Waals surface area contributed by atoms with Gasteiger partial charge in [0.1, 0.15) is 0 Å². The van der Waals surface area contributed by atoms with Crippen molar-refractivity contribution < 1.29 is 23.3 Å². The summed E-state index contributed by atoms with van der Waals surface area (Å²) in [4.78, 5) is 1.55. The van der Waals surface area contributed by atoms with E-state index >= 15 is 0 Å². The summed E-state index contributed by atoms with van der Waals surface area (Å²) in [5.41, 5.74) is -2.59. The maximum Gasteiger partial charge on any atom is 0.0714 e. The fraction of sp³-hybridized carbons (Fsp3) is 0.0870. The van der Waals surface area contributed by atoms with Gasteiger partial charge in [0.05, 0.1) is 28.7 Å². The third kappa shape index (κ3) is 3.96. The van der Waals surface area contributed by atoms with E-state index in [2.05, 4.69) is 13.8 Å². The van der Waals surface area contributed by atoms with Crippen molar-refractivity contribution in [3.63, 3.8) is 0 Å². The van der Waals surface area contributed by atoms with Crippen LogP contribution in [0.4, 0.5) is 17.1 Å². The lowest BCUT2D eigenvalue weighted by molar-refractivity contribution is 0.660. The van der Waals surface area contributed by atoms with Crippen molar-refractivity contribution in [2.45, 2.75) is 24.7 Å². The fourth-order valence-corrected chi connectivity index (χ4v) is 7.20. The largest absolute Gasteiger partial charge is 0.310 e. The second kappa shape index (κ2) is 10.4. The summed E-state index contributed by atoms with van der Waals surface area (Å²) in [5, 5.41) is 0. The van der Waals surface area contributed by atoms with Gasteiger partial charge >= 0.3 is 0 Å². The average molecular weight is 619 g/mol. The van der Waals surface area contributed by atoms with Gasteiger partial charge < -0.3 is 4.90 Å². The molecule has 9 rings (SSSR count). The minimum atomic E-state index is -2.90. The van der Waals surface area contributed by atoms with E-state index in [4.69, 9.17) is 11.0 Å². The minimum absolute atomic E-state index is 0.296. The standard InChI is InChI=1S/C46H35N/c1-45(2)41-24-14-12-22-37(41)39-28-26-35(30-43(39)45)47(34-20-10-5-11-21-34)36-27-29-40-38-23-13-15-25-42(38)46(44(40)31-36,32-16-6-3-7-17-32)33-18-8-4-9-19-33/h3-31H,1-2H3/i3D,4D,6D,7D,8D,9D,13D,15D,16D,17D,18D,19D,23D,25D,27D,29D,31D. The Morgan fingerprint density at radius 2 is 1.06 bits per heavy atom. The lowest BCUT2D eigenvalue weighted by Crippen LogP contribution is -2.28. The molecule has 0 N–H and O–H groups in total. The second-order valence-corrected chi connectivity index (χ2v) is 12.0. The Kier molecular flexibility index (Phi) is 3.39. The van der Waals surface area contributed by atoms with Gasteiger partial charge in [-0.1, -0.05) is 153 Å². The fourth-order valence-electron chi connectivity index (χ4n) is 7.20. The van der Waals surface area contributed by atoms with E-state index in [-0.39, 0.29) is 5.69 Å². The van der Waals surface area contributed by atoms with E-state index in [0.29, 0.717) is 11.4 Å². The van der Waals surface area contributed by atoms with Crippen LogP contribution in [0.3, 0.4) is 0 Å². The molecule has 0 aromatic heterocycles. The lowest BCUT2D eigenvalue weighted by Gasteiger charge is -2.35. The van der Waals surface area contributed by atoms with E-state index in [1.54, 1.807) is 41.3 Å². The number of fused-ring (bicyclic) bond motifs is 6. The SMILES string of the molecule is [2H]c1c([2H])c([2H])c(C2(c3c([2H])c([2H])c([2H])c([2H])c3[2H])c3c([2H])c([2H])c([2H])c([2H])c3-c3c([2H])c([2H])c(N(c4ccccc4)c4ccc5c(c4)C(C)(C)c4ccccc4-5)c([2H])c32)c([2H])c1[2H]. The first kappa shape index (κ1) is 15.3. The number of benzene rings is 7. The number of para-hydroxylation sites is 1. The van der Waals surface area contributed by atoms with Crippen LogP contribution < -0.4 is 4.90 Å². The number of rotatable bonds is 5. The molecule has 0 radical (unpaired) electrons. The molecule has 2 aliphatic carbocycles. The van der Waals surface area contributed by atoms with Gasteiger partial charge in [-0.15, -0.1) is 0 Å². The molecular formula is C46H35N. The number of anilines is 3. The molecule has 1 heteroatoms. The molecule has 2 aliphatic rings. The minimum Gasteiger partial charge on any atom is -0.310 e. The van der Waals surface area contributed by atoms with Gasteiger partial charge in [0.2, 0.25) is 0 Å². The topological polar surface area (TPSA) is 3.24 Å². The Labute approximate surface area is 301 Å². The first-order valence-electron chi connectivity index (χ1n) is 23.6. The zero-order valence-electron chi connectivity index (χ0n) is 42.4. The third-order valence-electron chi connectivity index (χ3n) is 9.30. The van der Waals surface area contributed by atoms with Gasteiger partial charge in [-0.25, -0.2) is 0 Å². The second-order valence-electron chi connectivity index (χ2n) is 12.0. The van der Waals surface area contributed by atoms with Gasteiger partial charge in [0, 0.05) is 22.5 Å². The zero-order chi connectivity index (χ0) is 46.4. The Bertz CT molecular complexity index is 3110. The van der Waals surface area contributed by atoms with E-state index < -0.39 is 147 Å². The summed E-state index contributed by atoms with van der Waals surface area (Å²) in [5.74, 6) is 0. The molecule has 0 saturated heterocycles. The average Bonchev–Trinajstić information content (AvgIpc) is 3.72. The van der Waals surface area contributed by atoms with Crippen LogP contribution in [0.15, 0.2) is 176 Å². The highest BCUT2D eigenvalue weighted by Crippen LogP contribution is 2.57. The molecule has 1 nitrogen and oxygen atoms in total. The van der Waals surface area contributed by atoms with Crippen molar-refractivity contribution in [3.05, 3.63) is 209 Å². The summed E-state index contributed by atoms with van der Waals surface area (Å²) in [7, 11) is 0. The molecule has 224 valence electrons. The molecule has 7 aromatic rings. The Morgan fingerprint density at radius 1 is 0.447 bits per heavy atom. The van der Waals surface area contributed by atoms with Crippen molar-refractivity contribution in [1.29, 1.82) is 0 Å². The molecule has 0 saturated carbocycles. The van der Waals surface area contributed by atoms with Crippen LogP contribution >= 0.6 is 0 Å². The quantitative estimate of drug-likeness (QED) is 0.185. The van der Waals surface area contributed by atoms with Crippen LogP contribution in [0.5, 0.6) is 0 Å². The number of hydrogen-bond donors (Lipinski definition) is 0. The van der Waals surface area contributed by atoms with Gasteiger partial charge in [0.25, 0.3) is 0 Å². The normalized spacial score (nSPS) is 19.6. The van der Waals surface area contributed by atoms with Gasteiger partial charge in [-0.2, -0.15) is 0 Å². The summed E-state index contributed by atoms with van der Waals surface area (Å²) in [6, 6.07) is 7.73. The van der Waals surface area contributed by atoms with E-state index in [9.17, 15) is 12.3 Å². The van der Waals surface area contributed by atoms with Crippen molar-refractivity contribution in [2.24, 2.45) is 0 Å². The van der Waals surface area contributed by atoms with Crippen molar-refractivity contribution in [2.75, 3.05) is 4.90 Å². The van der Waals surface area contributed by atoms with Crippen LogP contribution in [0.2, 0.25) is 0 Å². The monoisotopic (exact) mass is 618 g/mol. The highest BCUT2D eigenvalue weighted by Gasteiger charge is 2.46. The van der Waals surface area contributed by atoms with Crippen LogP contribution in [0.25, 0.3) is 22.3 Å². The van der Waals surface area contributed by atoms with Gasteiger partial charge in [0.15, 0.2) is 0 Å². The van der Waals surface area contributed by atoms with Crippen LogP contribution in [-0.2, 0) is 10.8 Å². The highest BCUT2D eigenvalue weighted by molar-refractivity contribution is 5.90. The predicted molar refractivity (Wildman–Crippen MR) is 196 cm³/mol. The molecule has 0 bridgehead atoms. The van der Waals surface area contributed by atoms with Crippen molar-refractivity contribution >= 4 is 17.1 Å². The molecule has 0 aliphatic heterocycles. The first-order valence-corrected chi connectivity index (χ1v) is 15.1. The Hall–Kier alpha value is -5.66. The predicted octanol–water partition coefficient (Wildman–Crippen LogP) is 11.8. The van der Waals surface area contributed by atoms with Crippen LogP contribution in [0, 0.1) is 0 Å². The van der Waals surface area contributed by atoms with Crippen LogP contribution in [0.1, 0.15) is 70.5 Å². The van der Waals surface area contributed by atoms with E-state index in [1.165, 1.54) is 0 Å². The Morgan fingerprint density at radius 3 is 1.81 bits per heavy atom. The molecule has 0 heterocycles. The molecule has 0 amide bonds. The van der Waals surface area contributed by atoms with Crippen LogP contribution in [-0.4, -0.2) is 0 Å². The van der Waals surface area contributed by atoms with E-state index in [0.717, 1.165) is 22.3 Å². The summed E-state index contributed by atoms with van der Waals surface area (Å²) >= 11 is 0. The summed E-state index contributed by atoms with van der Waals surface area (Å²) in [6.07, 6.45) is 0. The maximum absolute atomic E-state index is 10.4. The molecule has 0 atom stereocenters. The smallest absolute Gasteiger partial charge is 0.0714 e. The first-order chi connectivity index (χ1) is 30.1. The highest BCUT2D eigenvalue weighted by atomic mass is 15.1.